The van der Waals surface area contributed by atoms with Gasteiger partial charge in [-0.1, -0.05) is 77.4 Å². The topological polar surface area (TPSA) is 0 Å². The van der Waals surface area contributed by atoms with Gasteiger partial charge in [0.2, 0.25) is 0 Å². The number of thiol groups is 2. The Bertz CT molecular complexity index is 251. The second-order valence-electron chi connectivity index (χ2n) is 6.71. The molecule has 0 amide bonds. The molecule has 132 valence electrons. The second-order valence-corrected chi connectivity index (χ2v) is 8.67. The Morgan fingerprint density at radius 1 is 0.818 bits per heavy atom. The van der Waals surface area contributed by atoms with Gasteiger partial charge >= 0.3 is 0 Å². The molecule has 0 aromatic heterocycles. The summed E-state index contributed by atoms with van der Waals surface area (Å²) in [6.45, 7) is 6.64. The molecule has 0 radical (unpaired) electrons. The van der Waals surface area contributed by atoms with Gasteiger partial charge in [0.05, 0.1) is 0 Å². The normalized spacial score (nSPS) is 14.3. The van der Waals surface area contributed by atoms with Gasteiger partial charge < -0.3 is 0 Å². The molecule has 0 nitrogen and oxygen atoms in total. The molecule has 0 aliphatic heterocycles. The zero-order chi connectivity index (χ0) is 16.8. The van der Waals surface area contributed by atoms with E-state index in [0.29, 0.717) is 5.25 Å². The minimum atomic E-state index is 0.239. The van der Waals surface area contributed by atoms with Crippen molar-refractivity contribution in [2.24, 2.45) is 5.92 Å². The van der Waals surface area contributed by atoms with Crippen LogP contribution in [-0.2, 0) is 0 Å². The molecular weight excluding hydrogens is 324 g/mol. The third kappa shape index (κ3) is 12.2. The van der Waals surface area contributed by atoms with E-state index in [9.17, 15) is 0 Å². The quantitative estimate of drug-likeness (QED) is 0.175. The van der Waals surface area contributed by atoms with E-state index < -0.39 is 0 Å². The third-order valence-electron chi connectivity index (χ3n) is 4.55. The van der Waals surface area contributed by atoms with Gasteiger partial charge in [-0.2, -0.15) is 25.3 Å². The predicted molar refractivity (Wildman–Crippen MR) is 114 cm³/mol. The molecule has 1 unspecified atom stereocenters. The average molecular weight is 363 g/mol. The van der Waals surface area contributed by atoms with Crippen LogP contribution in [0.25, 0.3) is 0 Å². The SMILES string of the molecule is CCCCCCC(CCCCCC)[C@H](S)CCC(=S)C(C)S. The van der Waals surface area contributed by atoms with Crippen molar-refractivity contribution in [1.82, 2.24) is 0 Å². The molecule has 0 aromatic rings. The molecule has 22 heavy (non-hydrogen) atoms. The van der Waals surface area contributed by atoms with Crippen LogP contribution >= 0.6 is 37.5 Å². The maximum absolute atomic E-state index is 5.42. The molecule has 0 rings (SSSR count). The summed E-state index contributed by atoms with van der Waals surface area (Å²) in [6, 6.07) is 0. The monoisotopic (exact) mass is 362 g/mol. The number of hydrogen-bond acceptors (Lipinski definition) is 3. The van der Waals surface area contributed by atoms with E-state index in [0.717, 1.165) is 23.6 Å². The summed E-state index contributed by atoms with van der Waals surface area (Å²) in [7, 11) is 0. The van der Waals surface area contributed by atoms with E-state index in [-0.39, 0.29) is 5.25 Å². The second kappa shape index (κ2) is 15.3. The van der Waals surface area contributed by atoms with Gasteiger partial charge in [0.1, 0.15) is 0 Å². The minimum absolute atomic E-state index is 0.239. The standard InChI is InChI=1S/C19H38S3/c1-4-6-8-10-12-17(13-11-9-7-5-2)19(22)15-14-18(21)16(3)20/h16-17,19-20,22H,4-15H2,1-3H3/t16?,19-/m1/s1. The number of rotatable bonds is 15. The molecule has 0 aromatic carbocycles. The highest BCUT2D eigenvalue weighted by atomic mass is 32.1. The average Bonchev–Trinajstić information content (AvgIpc) is 2.50. The van der Waals surface area contributed by atoms with Gasteiger partial charge in [0, 0.05) is 15.4 Å². The first-order valence-corrected chi connectivity index (χ1v) is 10.9. The molecule has 0 bridgehead atoms. The van der Waals surface area contributed by atoms with Crippen LogP contribution in [0.2, 0.25) is 0 Å². The molecule has 0 spiro atoms. The number of unbranched alkanes of at least 4 members (excludes halogenated alkanes) is 6. The van der Waals surface area contributed by atoms with Crippen LogP contribution in [0.15, 0.2) is 0 Å². The Balaban J connectivity index is 4.18. The Morgan fingerprint density at radius 3 is 1.73 bits per heavy atom. The molecular formula is C19H38S3. The lowest BCUT2D eigenvalue weighted by atomic mass is 9.89. The molecule has 0 aliphatic carbocycles. The predicted octanol–water partition coefficient (Wildman–Crippen LogP) is 7.31. The fourth-order valence-corrected chi connectivity index (χ4v) is 3.60. The lowest BCUT2D eigenvalue weighted by Crippen LogP contribution is -2.18. The Kier molecular flexibility index (Phi) is 15.9. The molecule has 0 heterocycles. The molecule has 0 N–H and O–H groups in total. The van der Waals surface area contributed by atoms with Crippen LogP contribution in [0, 0.1) is 5.92 Å². The first kappa shape index (κ1) is 22.8. The van der Waals surface area contributed by atoms with E-state index >= 15 is 0 Å². The molecule has 0 fully saturated rings. The maximum Gasteiger partial charge on any atom is 0.0302 e. The van der Waals surface area contributed by atoms with E-state index in [2.05, 4.69) is 33.4 Å². The summed E-state index contributed by atoms with van der Waals surface area (Å²) in [5.41, 5.74) is 0. The summed E-state index contributed by atoms with van der Waals surface area (Å²) in [5, 5.41) is 0.747. The highest BCUT2D eigenvalue weighted by Crippen LogP contribution is 2.28. The van der Waals surface area contributed by atoms with Gasteiger partial charge in [-0.05, 0) is 38.5 Å². The van der Waals surface area contributed by atoms with Crippen LogP contribution in [0.3, 0.4) is 0 Å². The molecule has 3 heteroatoms. The van der Waals surface area contributed by atoms with E-state index in [1.807, 2.05) is 0 Å². The van der Waals surface area contributed by atoms with Crippen LogP contribution in [0.1, 0.15) is 97.8 Å². The highest BCUT2D eigenvalue weighted by Gasteiger charge is 2.18. The zero-order valence-corrected chi connectivity index (χ0v) is 17.6. The smallest absolute Gasteiger partial charge is 0.0302 e. The third-order valence-corrected chi connectivity index (χ3v) is 6.28. The summed E-state index contributed by atoms with van der Waals surface area (Å²) in [6.07, 6.45) is 15.7. The molecule has 2 atom stereocenters. The first-order chi connectivity index (χ1) is 10.5. The van der Waals surface area contributed by atoms with Crippen molar-refractivity contribution in [1.29, 1.82) is 0 Å². The number of hydrogen-bond donors (Lipinski definition) is 2. The van der Waals surface area contributed by atoms with Crippen LogP contribution < -0.4 is 0 Å². The Morgan fingerprint density at radius 2 is 1.32 bits per heavy atom. The van der Waals surface area contributed by atoms with E-state index in [1.54, 1.807) is 0 Å². The summed E-state index contributed by atoms with van der Waals surface area (Å²) in [4.78, 5) is 1.10. The van der Waals surface area contributed by atoms with Gasteiger partial charge in [-0.15, -0.1) is 0 Å². The molecule has 0 saturated carbocycles. The van der Waals surface area contributed by atoms with Crippen LogP contribution in [0.4, 0.5) is 0 Å². The van der Waals surface area contributed by atoms with Crippen molar-refractivity contribution >= 4 is 42.3 Å². The summed E-state index contributed by atoms with van der Waals surface area (Å²) in [5.74, 6) is 0.773. The van der Waals surface area contributed by atoms with Crippen LogP contribution in [0.5, 0.6) is 0 Å². The van der Waals surface area contributed by atoms with Crippen molar-refractivity contribution in [3.8, 4) is 0 Å². The van der Waals surface area contributed by atoms with Crippen molar-refractivity contribution in [3.05, 3.63) is 0 Å². The van der Waals surface area contributed by atoms with E-state index in [4.69, 9.17) is 24.8 Å². The lowest BCUT2D eigenvalue weighted by Gasteiger charge is -2.24. The lowest BCUT2D eigenvalue weighted by molar-refractivity contribution is 0.387. The van der Waals surface area contributed by atoms with Crippen LogP contribution in [-0.4, -0.2) is 15.4 Å². The Hall–Kier alpha value is 0.790. The van der Waals surface area contributed by atoms with Gasteiger partial charge in [0.15, 0.2) is 0 Å². The highest BCUT2D eigenvalue weighted by molar-refractivity contribution is 7.86. The van der Waals surface area contributed by atoms with Crippen molar-refractivity contribution < 1.29 is 0 Å². The van der Waals surface area contributed by atoms with Crippen molar-refractivity contribution in [2.45, 2.75) is 108 Å². The zero-order valence-electron chi connectivity index (χ0n) is 15.0. The van der Waals surface area contributed by atoms with Gasteiger partial charge in [0.25, 0.3) is 0 Å². The van der Waals surface area contributed by atoms with Crippen molar-refractivity contribution in [2.75, 3.05) is 0 Å². The van der Waals surface area contributed by atoms with E-state index in [1.165, 1.54) is 64.2 Å². The first-order valence-electron chi connectivity index (χ1n) is 9.41. The maximum atomic E-state index is 5.42. The largest absolute Gasteiger partial charge is 0.176 e. The Labute approximate surface area is 156 Å². The number of thiocarbonyl (C=S) groups is 1. The fourth-order valence-electron chi connectivity index (χ4n) is 2.93. The van der Waals surface area contributed by atoms with Gasteiger partial charge in [-0.25, -0.2) is 0 Å². The minimum Gasteiger partial charge on any atom is -0.176 e. The van der Waals surface area contributed by atoms with Crippen molar-refractivity contribution in [3.63, 3.8) is 0 Å². The summed E-state index contributed by atoms with van der Waals surface area (Å²) >= 11 is 14.8. The fraction of sp³-hybridized carbons (Fsp3) is 0.947. The summed E-state index contributed by atoms with van der Waals surface area (Å²) < 4.78 is 0. The molecule has 0 saturated heterocycles. The van der Waals surface area contributed by atoms with Gasteiger partial charge in [-0.3, -0.25) is 0 Å². The molecule has 0 aliphatic rings.